The summed E-state index contributed by atoms with van der Waals surface area (Å²) in [6.45, 7) is 2.71. The number of piperazine rings is 1. The van der Waals surface area contributed by atoms with Gasteiger partial charge in [-0.3, -0.25) is 9.59 Å². The first-order valence-corrected chi connectivity index (χ1v) is 13.6. The summed E-state index contributed by atoms with van der Waals surface area (Å²) < 4.78 is 11.3. The van der Waals surface area contributed by atoms with Crippen molar-refractivity contribution in [2.45, 2.75) is 109 Å². The number of hydrogen-bond donors (Lipinski definition) is 0. The van der Waals surface area contributed by atoms with E-state index in [1.165, 1.54) is 32.1 Å². The van der Waals surface area contributed by atoms with Crippen LogP contribution in [0.15, 0.2) is 18.2 Å². The second-order valence-corrected chi connectivity index (χ2v) is 10.2. The Morgan fingerprint density at radius 3 is 2.00 bits per heavy atom. The molecule has 2 amide bonds. The lowest BCUT2D eigenvalue weighted by Gasteiger charge is -2.47. The Kier molecular flexibility index (Phi) is 8.74. The molecule has 1 aliphatic heterocycles. The highest BCUT2D eigenvalue weighted by Crippen LogP contribution is 2.39. The number of hydrogen-bond acceptors (Lipinski definition) is 4. The number of ether oxygens (including phenoxy) is 2. The molecule has 1 aromatic carbocycles. The summed E-state index contributed by atoms with van der Waals surface area (Å²) in [5.41, 5.74) is 0.832. The molecule has 3 fully saturated rings. The van der Waals surface area contributed by atoms with E-state index in [1.807, 2.05) is 34.9 Å². The SMILES string of the molecule is CCOc1ccc([C@@H]2C(=O)N(C3CCCCCC3)CC(=O)N2C2CCCCCCC2)cc1OC. The van der Waals surface area contributed by atoms with Crippen molar-refractivity contribution >= 4 is 11.8 Å². The second-order valence-electron chi connectivity index (χ2n) is 10.2. The van der Waals surface area contributed by atoms with Crippen LogP contribution in [0.25, 0.3) is 0 Å². The number of methoxy groups -OCH3 is 1. The number of carbonyl (C=O) groups is 2. The van der Waals surface area contributed by atoms with Gasteiger partial charge in [-0.15, -0.1) is 0 Å². The summed E-state index contributed by atoms with van der Waals surface area (Å²) in [6.07, 6.45) is 14.6. The van der Waals surface area contributed by atoms with Gasteiger partial charge in [0.25, 0.3) is 5.91 Å². The van der Waals surface area contributed by atoms with Crippen LogP contribution in [0.1, 0.15) is 102 Å². The quantitative estimate of drug-likeness (QED) is 0.505. The van der Waals surface area contributed by atoms with E-state index in [0.29, 0.717) is 18.1 Å². The third kappa shape index (κ3) is 5.52. The van der Waals surface area contributed by atoms with E-state index >= 15 is 0 Å². The maximum absolute atomic E-state index is 14.2. The summed E-state index contributed by atoms with van der Waals surface area (Å²) in [6, 6.07) is 5.46. The maximum Gasteiger partial charge on any atom is 0.250 e. The van der Waals surface area contributed by atoms with Crippen LogP contribution in [0.5, 0.6) is 11.5 Å². The summed E-state index contributed by atoms with van der Waals surface area (Å²) >= 11 is 0. The minimum absolute atomic E-state index is 0.0831. The highest BCUT2D eigenvalue weighted by atomic mass is 16.5. The van der Waals surface area contributed by atoms with E-state index in [9.17, 15) is 9.59 Å². The predicted octanol–water partition coefficient (Wildman–Crippen LogP) is 5.64. The molecule has 2 aliphatic carbocycles. The Morgan fingerprint density at radius 2 is 1.41 bits per heavy atom. The molecule has 1 heterocycles. The summed E-state index contributed by atoms with van der Waals surface area (Å²) in [5.74, 6) is 1.47. The fourth-order valence-electron chi connectivity index (χ4n) is 6.16. The van der Waals surface area contributed by atoms with Crippen LogP contribution in [0, 0.1) is 0 Å². The number of benzene rings is 1. The average Bonchev–Trinajstić information content (AvgIpc) is 3.10. The molecule has 1 aromatic rings. The van der Waals surface area contributed by atoms with Crippen molar-refractivity contribution in [3.63, 3.8) is 0 Å². The highest BCUT2D eigenvalue weighted by molar-refractivity contribution is 5.96. The second kappa shape index (κ2) is 11.9. The van der Waals surface area contributed by atoms with Gasteiger partial charge in [0.05, 0.1) is 13.7 Å². The fraction of sp³-hybridized carbons (Fsp3) is 0.714. The molecule has 0 radical (unpaired) electrons. The first kappa shape index (κ1) is 24.9. The maximum atomic E-state index is 14.2. The molecule has 0 aromatic heterocycles. The third-order valence-corrected chi connectivity index (χ3v) is 7.93. The Hall–Kier alpha value is -2.24. The van der Waals surface area contributed by atoms with Crippen LogP contribution in [0.3, 0.4) is 0 Å². The molecule has 1 atom stereocenters. The van der Waals surface area contributed by atoms with Crippen molar-refractivity contribution in [3.8, 4) is 11.5 Å². The van der Waals surface area contributed by atoms with Gasteiger partial charge >= 0.3 is 0 Å². The zero-order valence-electron chi connectivity index (χ0n) is 21.1. The smallest absolute Gasteiger partial charge is 0.250 e. The lowest BCUT2D eigenvalue weighted by Crippen LogP contribution is -2.60. The Bertz CT molecular complexity index is 826. The topological polar surface area (TPSA) is 59.1 Å². The lowest BCUT2D eigenvalue weighted by atomic mass is 9.90. The molecule has 6 heteroatoms. The van der Waals surface area contributed by atoms with E-state index in [0.717, 1.165) is 56.9 Å². The molecule has 34 heavy (non-hydrogen) atoms. The van der Waals surface area contributed by atoms with Gasteiger partial charge in [-0.2, -0.15) is 0 Å². The van der Waals surface area contributed by atoms with Crippen molar-refractivity contribution in [2.75, 3.05) is 20.3 Å². The molecule has 4 rings (SSSR count). The first-order valence-electron chi connectivity index (χ1n) is 13.6. The molecule has 1 saturated heterocycles. The first-order chi connectivity index (χ1) is 16.6. The molecule has 6 nitrogen and oxygen atoms in total. The summed E-state index contributed by atoms with van der Waals surface area (Å²) in [4.78, 5) is 31.8. The Morgan fingerprint density at radius 1 is 0.824 bits per heavy atom. The van der Waals surface area contributed by atoms with Gasteiger partial charge in [0, 0.05) is 12.1 Å². The van der Waals surface area contributed by atoms with Crippen LogP contribution >= 0.6 is 0 Å². The number of amides is 2. The zero-order chi connectivity index (χ0) is 23.9. The van der Waals surface area contributed by atoms with Crippen LogP contribution in [-0.4, -0.2) is 54.0 Å². The molecule has 3 aliphatic rings. The van der Waals surface area contributed by atoms with E-state index in [-0.39, 0.29) is 30.4 Å². The Balaban J connectivity index is 1.70. The van der Waals surface area contributed by atoms with Crippen molar-refractivity contribution in [1.82, 2.24) is 9.80 Å². The molecule has 188 valence electrons. The fourth-order valence-corrected chi connectivity index (χ4v) is 6.16. The molecule has 0 N–H and O–H groups in total. The van der Waals surface area contributed by atoms with Crippen molar-refractivity contribution in [3.05, 3.63) is 23.8 Å². The van der Waals surface area contributed by atoms with Gasteiger partial charge in [-0.05, 0) is 50.3 Å². The van der Waals surface area contributed by atoms with Gasteiger partial charge in [-0.25, -0.2) is 0 Å². The molecule has 0 spiro atoms. The molecule has 0 unspecified atom stereocenters. The average molecular weight is 471 g/mol. The normalized spacial score (nSPS) is 23.9. The molecular weight excluding hydrogens is 428 g/mol. The molecular formula is C28H42N2O4. The Labute approximate surface area is 205 Å². The van der Waals surface area contributed by atoms with Crippen LogP contribution in [0.4, 0.5) is 0 Å². The van der Waals surface area contributed by atoms with Crippen molar-refractivity contribution in [1.29, 1.82) is 0 Å². The largest absolute Gasteiger partial charge is 0.493 e. The van der Waals surface area contributed by atoms with Gasteiger partial charge in [0.15, 0.2) is 11.5 Å². The molecule has 0 bridgehead atoms. The minimum atomic E-state index is -0.585. The third-order valence-electron chi connectivity index (χ3n) is 7.93. The standard InChI is InChI=1S/C28H42N2O4/c1-3-34-24-18-17-21(19-25(24)33-2)27-28(32)29(22-13-9-7-8-10-14-22)20-26(31)30(27)23-15-11-5-4-6-12-16-23/h17-19,22-23,27H,3-16,20H2,1-2H3/t27-/m1/s1. The highest BCUT2D eigenvalue weighted by Gasteiger charge is 2.45. The summed E-state index contributed by atoms with van der Waals surface area (Å²) in [5, 5.41) is 0. The van der Waals surface area contributed by atoms with Crippen LogP contribution in [-0.2, 0) is 9.59 Å². The van der Waals surface area contributed by atoms with E-state index in [4.69, 9.17) is 9.47 Å². The number of nitrogens with zero attached hydrogens (tertiary/aromatic N) is 2. The number of rotatable bonds is 6. The van der Waals surface area contributed by atoms with Crippen molar-refractivity contribution < 1.29 is 19.1 Å². The predicted molar refractivity (Wildman–Crippen MR) is 133 cm³/mol. The van der Waals surface area contributed by atoms with E-state index in [2.05, 4.69) is 0 Å². The van der Waals surface area contributed by atoms with E-state index < -0.39 is 6.04 Å². The van der Waals surface area contributed by atoms with Gasteiger partial charge in [0.2, 0.25) is 5.91 Å². The van der Waals surface area contributed by atoms with Crippen LogP contribution in [0.2, 0.25) is 0 Å². The zero-order valence-corrected chi connectivity index (χ0v) is 21.1. The van der Waals surface area contributed by atoms with Crippen LogP contribution < -0.4 is 9.47 Å². The van der Waals surface area contributed by atoms with Crippen molar-refractivity contribution in [2.24, 2.45) is 0 Å². The lowest BCUT2D eigenvalue weighted by molar-refractivity contribution is -0.162. The van der Waals surface area contributed by atoms with Gasteiger partial charge in [0.1, 0.15) is 12.6 Å². The summed E-state index contributed by atoms with van der Waals surface area (Å²) in [7, 11) is 1.62. The molecule has 2 saturated carbocycles. The van der Waals surface area contributed by atoms with Gasteiger partial charge in [-0.1, -0.05) is 63.9 Å². The number of carbonyl (C=O) groups excluding carboxylic acids is 2. The van der Waals surface area contributed by atoms with Gasteiger partial charge < -0.3 is 19.3 Å². The minimum Gasteiger partial charge on any atom is -0.493 e. The van der Waals surface area contributed by atoms with E-state index in [1.54, 1.807) is 7.11 Å². The monoisotopic (exact) mass is 470 g/mol.